The third kappa shape index (κ3) is 3.08. The molecule has 0 radical (unpaired) electrons. The number of imidazole rings is 1. The van der Waals surface area contributed by atoms with E-state index >= 15 is 0 Å². The molecule has 0 aliphatic heterocycles. The highest BCUT2D eigenvalue weighted by atomic mass is 32.2. The van der Waals surface area contributed by atoms with Crippen molar-refractivity contribution < 1.29 is 14.6 Å². The number of aromatic carboxylic acids is 1. The molecule has 19 heavy (non-hydrogen) atoms. The summed E-state index contributed by atoms with van der Waals surface area (Å²) in [6, 6.07) is 5.11. The number of aryl methyl sites for hydroxylation is 1. The number of carboxylic acids is 1. The quantitative estimate of drug-likeness (QED) is 0.851. The lowest BCUT2D eigenvalue weighted by Gasteiger charge is -2.07. The highest BCUT2D eigenvalue weighted by molar-refractivity contribution is 7.98. The Hall–Kier alpha value is -1.95. The number of carboxylic acid groups (broad SMARTS) is 1. The van der Waals surface area contributed by atoms with E-state index in [1.54, 1.807) is 36.2 Å². The molecule has 0 fully saturated rings. The predicted octanol–water partition coefficient (Wildman–Crippen LogP) is 2.42. The number of hydrogen-bond donors (Lipinski definition) is 1. The molecule has 0 atom stereocenters. The molecule has 1 heterocycles. The van der Waals surface area contributed by atoms with Crippen molar-refractivity contribution in [2.75, 3.05) is 7.11 Å². The first-order chi connectivity index (χ1) is 9.11. The van der Waals surface area contributed by atoms with Crippen LogP contribution < -0.4 is 4.74 Å². The van der Waals surface area contributed by atoms with Gasteiger partial charge in [0, 0.05) is 25.2 Å². The number of ether oxygens (including phenoxy) is 1. The third-order valence-corrected chi connectivity index (χ3v) is 3.77. The Morgan fingerprint density at radius 2 is 2.32 bits per heavy atom. The van der Waals surface area contributed by atoms with Crippen LogP contribution in [-0.4, -0.2) is 27.7 Å². The van der Waals surface area contributed by atoms with Crippen LogP contribution in [0.4, 0.5) is 0 Å². The molecule has 0 spiro atoms. The molecule has 6 heteroatoms. The van der Waals surface area contributed by atoms with E-state index in [2.05, 4.69) is 4.98 Å². The number of methoxy groups -OCH3 is 1. The topological polar surface area (TPSA) is 64.4 Å². The number of hydrogen-bond acceptors (Lipinski definition) is 4. The van der Waals surface area contributed by atoms with E-state index in [0.29, 0.717) is 11.5 Å². The van der Waals surface area contributed by atoms with Gasteiger partial charge >= 0.3 is 5.97 Å². The molecule has 1 aromatic heterocycles. The minimum Gasteiger partial charge on any atom is -0.496 e. The van der Waals surface area contributed by atoms with Gasteiger partial charge in [-0.25, -0.2) is 9.78 Å². The summed E-state index contributed by atoms with van der Waals surface area (Å²) < 4.78 is 7.04. The van der Waals surface area contributed by atoms with Gasteiger partial charge in [0.05, 0.1) is 7.11 Å². The summed E-state index contributed by atoms with van der Waals surface area (Å²) in [5.41, 5.74) is 1.17. The number of nitrogens with zero attached hydrogens (tertiary/aromatic N) is 2. The molecule has 2 aromatic rings. The molecular weight excluding hydrogens is 264 g/mol. The molecule has 0 aliphatic carbocycles. The average Bonchev–Trinajstić information content (AvgIpc) is 2.81. The SMILES string of the molecule is COc1cc(CSc2nccn2C)ccc1C(=O)O. The summed E-state index contributed by atoms with van der Waals surface area (Å²) in [5.74, 6) is 0.104. The van der Waals surface area contributed by atoms with E-state index in [4.69, 9.17) is 9.84 Å². The van der Waals surface area contributed by atoms with Crippen molar-refractivity contribution in [2.45, 2.75) is 10.9 Å². The molecule has 0 saturated carbocycles. The lowest BCUT2D eigenvalue weighted by Crippen LogP contribution is -2.01. The summed E-state index contributed by atoms with van der Waals surface area (Å²) in [6.45, 7) is 0. The predicted molar refractivity (Wildman–Crippen MR) is 72.7 cm³/mol. The number of carbonyl (C=O) groups is 1. The maximum atomic E-state index is 11.0. The van der Waals surface area contributed by atoms with Crippen LogP contribution in [0, 0.1) is 0 Å². The second-order valence-corrected chi connectivity index (χ2v) is 4.89. The van der Waals surface area contributed by atoms with Crippen LogP contribution in [0.5, 0.6) is 5.75 Å². The molecule has 0 aliphatic rings. The lowest BCUT2D eigenvalue weighted by molar-refractivity contribution is 0.0693. The molecule has 0 bridgehead atoms. The number of rotatable bonds is 5. The van der Waals surface area contributed by atoms with Gasteiger partial charge in [0.1, 0.15) is 11.3 Å². The first kappa shape index (κ1) is 13.5. The Kier molecular flexibility index (Phi) is 4.11. The van der Waals surface area contributed by atoms with E-state index < -0.39 is 5.97 Å². The van der Waals surface area contributed by atoms with Crippen molar-refractivity contribution in [2.24, 2.45) is 7.05 Å². The van der Waals surface area contributed by atoms with Crippen molar-refractivity contribution in [3.8, 4) is 5.75 Å². The molecule has 1 N–H and O–H groups in total. The fourth-order valence-corrected chi connectivity index (χ4v) is 2.52. The van der Waals surface area contributed by atoms with Crippen molar-refractivity contribution >= 4 is 17.7 Å². The smallest absolute Gasteiger partial charge is 0.339 e. The van der Waals surface area contributed by atoms with Gasteiger partial charge < -0.3 is 14.4 Å². The summed E-state index contributed by atoms with van der Waals surface area (Å²) in [4.78, 5) is 15.2. The summed E-state index contributed by atoms with van der Waals surface area (Å²) >= 11 is 1.59. The Labute approximate surface area is 115 Å². The van der Waals surface area contributed by atoms with Gasteiger partial charge in [-0.1, -0.05) is 17.8 Å². The Morgan fingerprint density at radius 1 is 1.53 bits per heavy atom. The Morgan fingerprint density at radius 3 is 2.89 bits per heavy atom. The molecule has 5 nitrogen and oxygen atoms in total. The maximum absolute atomic E-state index is 11.0. The van der Waals surface area contributed by atoms with Crippen molar-refractivity contribution in [3.63, 3.8) is 0 Å². The van der Waals surface area contributed by atoms with Gasteiger partial charge in [0.25, 0.3) is 0 Å². The van der Waals surface area contributed by atoms with Gasteiger partial charge in [0.15, 0.2) is 5.16 Å². The van der Waals surface area contributed by atoms with Crippen molar-refractivity contribution in [3.05, 3.63) is 41.7 Å². The van der Waals surface area contributed by atoms with Gasteiger partial charge in [-0.2, -0.15) is 0 Å². The largest absolute Gasteiger partial charge is 0.496 e. The molecule has 2 rings (SSSR count). The zero-order valence-corrected chi connectivity index (χ0v) is 11.5. The van der Waals surface area contributed by atoms with Crippen LogP contribution in [0.1, 0.15) is 15.9 Å². The average molecular weight is 278 g/mol. The van der Waals surface area contributed by atoms with Gasteiger partial charge in [-0.3, -0.25) is 0 Å². The fraction of sp³-hybridized carbons (Fsp3) is 0.231. The van der Waals surface area contributed by atoms with Gasteiger partial charge in [-0.15, -0.1) is 0 Å². The van der Waals surface area contributed by atoms with Gasteiger partial charge in [0.2, 0.25) is 0 Å². The molecule has 1 aromatic carbocycles. The Balaban J connectivity index is 2.13. The molecule has 100 valence electrons. The zero-order chi connectivity index (χ0) is 13.8. The monoisotopic (exact) mass is 278 g/mol. The summed E-state index contributed by atoms with van der Waals surface area (Å²) in [7, 11) is 3.40. The molecule has 0 saturated heterocycles. The maximum Gasteiger partial charge on any atom is 0.339 e. The first-order valence-corrected chi connectivity index (χ1v) is 6.60. The van der Waals surface area contributed by atoms with E-state index in [0.717, 1.165) is 10.7 Å². The molecular formula is C13H14N2O3S. The van der Waals surface area contributed by atoms with Crippen LogP contribution in [0.25, 0.3) is 0 Å². The van der Waals surface area contributed by atoms with Crippen molar-refractivity contribution in [1.82, 2.24) is 9.55 Å². The second-order valence-electron chi connectivity index (χ2n) is 3.95. The lowest BCUT2D eigenvalue weighted by atomic mass is 10.1. The summed E-state index contributed by atoms with van der Waals surface area (Å²) in [5, 5.41) is 9.92. The number of thioether (sulfide) groups is 1. The number of aromatic nitrogens is 2. The second kappa shape index (κ2) is 5.79. The van der Waals surface area contributed by atoms with E-state index in [9.17, 15) is 4.79 Å². The van der Waals surface area contributed by atoms with E-state index in [1.807, 2.05) is 17.8 Å². The highest BCUT2D eigenvalue weighted by Gasteiger charge is 2.11. The first-order valence-electron chi connectivity index (χ1n) is 5.62. The van der Waals surface area contributed by atoms with Crippen LogP contribution in [0.15, 0.2) is 35.7 Å². The highest BCUT2D eigenvalue weighted by Crippen LogP contribution is 2.25. The minimum atomic E-state index is -0.986. The fourth-order valence-electron chi connectivity index (χ4n) is 1.64. The van der Waals surface area contributed by atoms with E-state index in [-0.39, 0.29) is 5.56 Å². The Bertz CT molecular complexity index is 595. The molecule has 0 unspecified atom stereocenters. The number of benzene rings is 1. The van der Waals surface area contributed by atoms with Crippen molar-refractivity contribution in [1.29, 1.82) is 0 Å². The zero-order valence-electron chi connectivity index (χ0n) is 10.7. The minimum absolute atomic E-state index is 0.174. The summed E-state index contributed by atoms with van der Waals surface area (Å²) in [6.07, 6.45) is 3.63. The van der Waals surface area contributed by atoms with E-state index in [1.165, 1.54) is 7.11 Å². The third-order valence-electron chi connectivity index (χ3n) is 2.64. The van der Waals surface area contributed by atoms with Crippen LogP contribution >= 0.6 is 11.8 Å². The van der Waals surface area contributed by atoms with Crippen LogP contribution in [0.2, 0.25) is 0 Å². The van der Waals surface area contributed by atoms with Gasteiger partial charge in [-0.05, 0) is 17.7 Å². The van der Waals surface area contributed by atoms with Crippen LogP contribution in [0.3, 0.4) is 0 Å². The van der Waals surface area contributed by atoms with Crippen LogP contribution in [-0.2, 0) is 12.8 Å². The standard InChI is InChI=1S/C13H14N2O3S/c1-15-6-5-14-13(15)19-8-9-3-4-10(12(16)17)11(7-9)18-2/h3-7H,8H2,1-2H3,(H,16,17). The normalized spacial score (nSPS) is 10.4. The molecule has 0 amide bonds.